The first kappa shape index (κ1) is 55.6. The minimum absolute atomic E-state index is 0.000159. The average Bonchev–Trinajstić information content (AvgIpc) is 3.22. The van der Waals surface area contributed by atoms with E-state index in [-0.39, 0.29) is 24.9 Å². The lowest BCUT2D eigenvalue weighted by molar-refractivity contribution is -0.150. The molecule has 0 saturated heterocycles. The monoisotopic (exact) mass is 812 g/mol. The zero-order valence-electron chi connectivity index (χ0n) is 38.2. The summed E-state index contributed by atoms with van der Waals surface area (Å²) in [6.45, 7) is 6.32. The summed E-state index contributed by atoms with van der Waals surface area (Å²) in [7, 11) is 0. The van der Waals surface area contributed by atoms with Crippen molar-refractivity contribution in [3.05, 3.63) is 60.8 Å². The van der Waals surface area contributed by atoms with Crippen LogP contribution in [0.15, 0.2) is 60.8 Å². The normalized spacial score (nSPS) is 13.8. The van der Waals surface area contributed by atoms with E-state index in [1.807, 2.05) is 12.2 Å². The molecule has 0 radical (unpaired) electrons. The summed E-state index contributed by atoms with van der Waals surface area (Å²) in [5.41, 5.74) is 0. The molecule has 3 N–H and O–H groups in total. The topological polar surface area (TPSA) is 95.9 Å². The standard InChI is InChI=1S/C52H93NO5/c1-4-7-10-13-16-19-22-24-26-27-29-31-34-37-40-43-48(58-52(57)45-42-39-36-33-21-18-15-12-9-6-3)46-51(56)53-49(47-54)50(55)44-41-38-35-32-30-28-25-23-20-17-14-11-8-5-2/h7,10,16,19,24,26,29,31,37,40,48-50,54-55H,4-6,8-9,11-15,17-18,20-23,25,27-28,30,32-36,38-39,41-47H2,1-3H3,(H,53,56)/b10-7-,19-16-,26-24-,31-29-,40-37-. The van der Waals surface area contributed by atoms with E-state index in [4.69, 9.17) is 4.74 Å². The maximum atomic E-state index is 13.1. The van der Waals surface area contributed by atoms with Crippen LogP contribution < -0.4 is 5.32 Å². The van der Waals surface area contributed by atoms with E-state index < -0.39 is 18.2 Å². The summed E-state index contributed by atoms with van der Waals surface area (Å²) < 4.78 is 5.84. The van der Waals surface area contributed by atoms with E-state index in [0.717, 1.165) is 70.6 Å². The molecule has 0 heterocycles. The summed E-state index contributed by atoms with van der Waals surface area (Å²) in [5, 5.41) is 23.7. The minimum atomic E-state index is -0.811. The molecule has 0 spiro atoms. The van der Waals surface area contributed by atoms with Gasteiger partial charge in [-0.05, 0) is 44.9 Å². The summed E-state index contributed by atoms with van der Waals surface area (Å²) >= 11 is 0. The third-order valence-corrected chi connectivity index (χ3v) is 10.9. The van der Waals surface area contributed by atoms with Gasteiger partial charge in [0.15, 0.2) is 0 Å². The quantitative estimate of drug-likeness (QED) is 0.0324. The zero-order chi connectivity index (χ0) is 42.4. The summed E-state index contributed by atoms with van der Waals surface area (Å²) in [5.74, 6) is -0.579. The Bertz CT molecular complexity index is 1050. The molecule has 0 aromatic heterocycles. The van der Waals surface area contributed by atoms with Gasteiger partial charge in [-0.3, -0.25) is 9.59 Å². The van der Waals surface area contributed by atoms with Gasteiger partial charge in [-0.15, -0.1) is 0 Å². The number of hydrogen-bond acceptors (Lipinski definition) is 5. The molecular weight excluding hydrogens is 719 g/mol. The lowest BCUT2D eigenvalue weighted by atomic mass is 10.0. The molecule has 1 amide bonds. The molecule has 3 unspecified atom stereocenters. The fraction of sp³-hybridized carbons (Fsp3) is 0.769. The molecule has 6 heteroatoms. The highest BCUT2D eigenvalue weighted by Gasteiger charge is 2.23. The van der Waals surface area contributed by atoms with E-state index in [9.17, 15) is 19.8 Å². The van der Waals surface area contributed by atoms with Gasteiger partial charge in [0.05, 0.1) is 25.2 Å². The van der Waals surface area contributed by atoms with Gasteiger partial charge in [0.2, 0.25) is 5.91 Å². The highest BCUT2D eigenvalue weighted by atomic mass is 16.5. The Morgan fingerprint density at radius 1 is 0.517 bits per heavy atom. The zero-order valence-corrected chi connectivity index (χ0v) is 38.2. The Morgan fingerprint density at radius 3 is 1.31 bits per heavy atom. The van der Waals surface area contributed by atoms with Crippen LogP contribution in [-0.2, 0) is 14.3 Å². The van der Waals surface area contributed by atoms with Crippen LogP contribution in [-0.4, -0.2) is 46.9 Å². The molecule has 6 nitrogen and oxygen atoms in total. The van der Waals surface area contributed by atoms with Crippen LogP contribution in [0.5, 0.6) is 0 Å². The Balaban J connectivity index is 4.70. The third-order valence-electron chi connectivity index (χ3n) is 10.9. The number of hydrogen-bond donors (Lipinski definition) is 3. The van der Waals surface area contributed by atoms with Crippen molar-refractivity contribution in [2.24, 2.45) is 0 Å². The lowest BCUT2D eigenvalue weighted by Crippen LogP contribution is -2.46. The van der Waals surface area contributed by atoms with E-state index in [2.05, 4.69) is 74.7 Å². The second kappa shape index (κ2) is 45.6. The minimum Gasteiger partial charge on any atom is -0.461 e. The first-order valence-electron chi connectivity index (χ1n) is 24.5. The van der Waals surface area contributed by atoms with Crippen molar-refractivity contribution < 1.29 is 24.5 Å². The molecule has 0 rings (SSSR count). The number of nitrogens with one attached hydrogen (secondary N) is 1. The second-order valence-electron chi connectivity index (χ2n) is 16.5. The number of esters is 1. The van der Waals surface area contributed by atoms with Gasteiger partial charge in [0.1, 0.15) is 6.10 Å². The molecule has 0 saturated carbocycles. The number of aliphatic hydroxyl groups excluding tert-OH is 2. The van der Waals surface area contributed by atoms with Crippen LogP contribution in [0.1, 0.15) is 233 Å². The van der Waals surface area contributed by atoms with E-state index in [1.165, 1.54) is 116 Å². The Morgan fingerprint density at radius 2 is 0.897 bits per heavy atom. The fourth-order valence-corrected chi connectivity index (χ4v) is 7.16. The van der Waals surface area contributed by atoms with Gasteiger partial charge in [0, 0.05) is 12.8 Å². The lowest BCUT2D eigenvalue weighted by Gasteiger charge is -2.24. The molecule has 0 aliphatic carbocycles. The number of amides is 1. The van der Waals surface area contributed by atoms with Crippen LogP contribution in [0.4, 0.5) is 0 Å². The summed E-state index contributed by atoms with van der Waals surface area (Å²) in [6, 6.07) is -0.730. The molecule has 58 heavy (non-hydrogen) atoms. The number of ether oxygens (including phenoxy) is 1. The van der Waals surface area contributed by atoms with Crippen LogP contribution in [0.25, 0.3) is 0 Å². The van der Waals surface area contributed by atoms with Crippen molar-refractivity contribution >= 4 is 11.9 Å². The maximum Gasteiger partial charge on any atom is 0.306 e. The highest BCUT2D eigenvalue weighted by Crippen LogP contribution is 2.16. The molecule has 0 fully saturated rings. The maximum absolute atomic E-state index is 13.1. The fourth-order valence-electron chi connectivity index (χ4n) is 7.16. The van der Waals surface area contributed by atoms with Gasteiger partial charge < -0.3 is 20.3 Å². The molecular formula is C52H93NO5. The number of allylic oxidation sites excluding steroid dienone is 9. The second-order valence-corrected chi connectivity index (χ2v) is 16.5. The van der Waals surface area contributed by atoms with Crippen molar-refractivity contribution in [3.8, 4) is 0 Å². The van der Waals surface area contributed by atoms with Gasteiger partial charge >= 0.3 is 5.97 Å². The SMILES string of the molecule is CC/C=C\C/C=C\C/C=C\C/C=C\C/C=C\CC(CC(=O)NC(CO)C(O)CCCCCCCCCCCCCCCC)OC(=O)CCCCCCCCCCCC. The molecule has 0 aromatic carbocycles. The van der Waals surface area contributed by atoms with Crippen LogP contribution in [0, 0.1) is 0 Å². The first-order chi connectivity index (χ1) is 28.5. The average molecular weight is 812 g/mol. The van der Waals surface area contributed by atoms with Gasteiger partial charge in [-0.2, -0.15) is 0 Å². The summed E-state index contributed by atoms with van der Waals surface area (Å²) in [6.07, 6.45) is 55.8. The molecule has 336 valence electrons. The van der Waals surface area contributed by atoms with Crippen LogP contribution in [0.3, 0.4) is 0 Å². The van der Waals surface area contributed by atoms with Crippen molar-refractivity contribution in [2.75, 3.05) is 6.61 Å². The van der Waals surface area contributed by atoms with Crippen molar-refractivity contribution in [2.45, 2.75) is 251 Å². The molecule has 0 aliphatic rings. The van der Waals surface area contributed by atoms with Crippen LogP contribution >= 0.6 is 0 Å². The number of carbonyl (C=O) groups excluding carboxylic acids is 2. The largest absolute Gasteiger partial charge is 0.461 e. The third kappa shape index (κ3) is 40.3. The number of carbonyl (C=O) groups is 2. The van der Waals surface area contributed by atoms with E-state index >= 15 is 0 Å². The van der Waals surface area contributed by atoms with Gasteiger partial charge in [-0.1, -0.05) is 229 Å². The highest BCUT2D eigenvalue weighted by molar-refractivity contribution is 5.77. The van der Waals surface area contributed by atoms with Gasteiger partial charge in [-0.25, -0.2) is 0 Å². The van der Waals surface area contributed by atoms with Crippen molar-refractivity contribution in [1.29, 1.82) is 0 Å². The van der Waals surface area contributed by atoms with Crippen LogP contribution in [0.2, 0.25) is 0 Å². The number of unbranched alkanes of at least 4 members (excludes halogenated alkanes) is 22. The predicted octanol–water partition coefficient (Wildman–Crippen LogP) is 14.5. The van der Waals surface area contributed by atoms with Crippen molar-refractivity contribution in [3.63, 3.8) is 0 Å². The molecule has 3 atom stereocenters. The number of rotatable bonds is 43. The number of aliphatic hydroxyl groups is 2. The Hall–Kier alpha value is -2.44. The molecule has 0 bridgehead atoms. The van der Waals surface area contributed by atoms with E-state index in [1.54, 1.807) is 0 Å². The smallest absolute Gasteiger partial charge is 0.306 e. The Labute approximate surface area is 358 Å². The summed E-state index contributed by atoms with van der Waals surface area (Å²) in [4.78, 5) is 26.0. The molecule has 0 aliphatic heterocycles. The Kier molecular flexibility index (Phi) is 43.7. The predicted molar refractivity (Wildman–Crippen MR) is 250 cm³/mol. The molecule has 0 aromatic rings. The first-order valence-corrected chi connectivity index (χ1v) is 24.5. The van der Waals surface area contributed by atoms with E-state index in [0.29, 0.717) is 19.3 Å². The van der Waals surface area contributed by atoms with Gasteiger partial charge in [0.25, 0.3) is 0 Å². The van der Waals surface area contributed by atoms with Crippen molar-refractivity contribution in [1.82, 2.24) is 5.32 Å².